The molecule has 0 amide bonds. The molecule has 0 aromatic heterocycles. The first-order valence-corrected chi connectivity index (χ1v) is 15.2. The molecule has 0 bridgehead atoms. The van der Waals surface area contributed by atoms with Crippen molar-refractivity contribution in [2.45, 2.75) is 0 Å². The summed E-state index contributed by atoms with van der Waals surface area (Å²) in [5.74, 6) is 0. The largest absolute Gasteiger partial charge is 0.0622 e. The minimum atomic E-state index is 1.22. The molecule has 0 spiro atoms. The molecule has 0 atom stereocenters. The van der Waals surface area contributed by atoms with Crippen LogP contribution in [0.1, 0.15) is 0 Å². The number of hydrogen-bond donors (Lipinski definition) is 0. The zero-order chi connectivity index (χ0) is 29.3. The van der Waals surface area contributed by atoms with Crippen molar-refractivity contribution in [3.63, 3.8) is 0 Å². The van der Waals surface area contributed by atoms with Gasteiger partial charge in [-0.3, -0.25) is 0 Å². The highest BCUT2D eigenvalue weighted by Crippen LogP contribution is 2.45. The van der Waals surface area contributed by atoms with Crippen molar-refractivity contribution in [3.8, 4) is 55.6 Å². The summed E-state index contributed by atoms with van der Waals surface area (Å²) in [5, 5.41) is 5.08. The van der Waals surface area contributed by atoms with E-state index in [0.29, 0.717) is 0 Å². The van der Waals surface area contributed by atoms with E-state index in [1.54, 1.807) is 0 Å². The number of fused-ring (bicyclic) bond motifs is 2. The first-order chi connectivity index (χ1) is 21.8. The van der Waals surface area contributed by atoms with Crippen LogP contribution in [0.4, 0.5) is 0 Å². The molecular weight excluding hydrogens is 528 g/mol. The van der Waals surface area contributed by atoms with Gasteiger partial charge in [-0.15, -0.1) is 0 Å². The van der Waals surface area contributed by atoms with Crippen LogP contribution >= 0.6 is 0 Å². The highest BCUT2D eigenvalue weighted by Gasteiger charge is 2.17. The molecular formula is C44H30. The Kier molecular flexibility index (Phi) is 6.59. The molecule has 8 aromatic rings. The van der Waals surface area contributed by atoms with E-state index in [0.717, 1.165) is 0 Å². The van der Waals surface area contributed by atoms with Crippen LogP contribution in [0.5, 0.6) is 0 Å². The number of rotatable bonds is 5. The van der Waals surface area contributed by atoms with E-state index >= 15 is 0 Å². The van der Waals surface area contributed by atoms with Crippen molar-refractivity contribution in [1.82, 2.24) is 0 Å². The maximum Gasteiger partial charge on any atom is -0.00261 e. The summed E-state index contributed by atoms with van der Waals surface area (Å²) in [7, 11) is 0. The van der Waals surface area contributed by atoms with Gasteiger partial charge in [0.2, 0.25) is 0 Å². The van der Waals surface area contributed by atoms with Crippen molar-refractivity contribution < 1.29 is 0 Å². The molecule has 0 saturated carbocycles. The van der Waals surface area contributed by atoms with E-state index < -0.39 is 0 Å². The van der Waals surface area contributed by atoms with Crippen LogP contribution in [-0.2, 0) is 0 Å². The van der Waals surface area contributed by atoms with Crippen LogP contribution in [0.2, 0.25) is 0 Å². The molecule has 0 N–H and O–H groups in total. The van der Waals surface area contributed by atoms with Gasteiger partial charge in [0, 0.05) is 0 Å². The zero-order valence-corrected chi connectivity index (χ0v) is 24.3. The van der Waals surface area contributed by atoms with Crippen LogP contribution in [0.15, 0.2) is 182 Å². The average molecular weight is 559 g/mol. The molecule has 0 heteroatoms. The van der Waals surface area contributed by atoms with Gasteiger partial charge in [-0.05, 0) is 83.2 Å². The predicted octanol–water partition coefficient (Wildman–Crippen LogP) is 12.3. The van der Waals surface area contributed by atoms with Gasteiger partial charge < -0.3 is 0 Å². The third-order valence-electron chi connectivity index (χ3n) is 8.69. The summed E-state index contributed by atoms with van der Waals surface area (Å²) >= 11 is 0. The molecule has 0 nitrogen and oxygen atoms in total. The van der Waals surface area contributed by atoms with E-state index in [1.807, 2.05) is 0 Å². The summed E-state index contributed by atoms with van der Waals surface area (Å²) < 4.78 is 0. The van der Waals surface area contributed by atoms with Crippen molar-refractivity contribution in [3.05, 3.63) is 182 Å². The lowest BCUT2D eigenvalue weighted by Gasteiger charge is -2.19. The molecule has 8 aromatic carbocycles. The quantitative estimate of drug-likeness (QED) is 0.184. The molecule has 0 heterocycles. The van der Waals surface area contributed by atoms with Crippen molar-refractivity contribution >= 4 is 21.5 Å². The molecule has 0 aliphatic carbocycles. The molecule has 0 radical (unpaired) electrons. The lowest BCUT2D eigenvalue weighted by atomic mass is 9.84. The van der Waals surface area contributed by atoms with Gasteiger partial charge in [-0.1, -0.05) is 176 Å². The Hall–Kier alpha value is -5.72. The van der Waals surface area contributed by atoms with E-state index in [9.17, 15) is 0 Å². The van der Waals surface area contributed by atoms with E-state index in [1.165, 1.54) is 77.2 Å². The predicted molar refractivity (Wildman–Crippen MR) is 189 cm³/mol. The molecule has 44 heavy (non-hydrogen) atoms. The Balaban J connectivity index is 1.31. The zero-order valence-electron chi connectivity index (χ0n) is 24.3. The minimum Gasteiger partial charge on any atom is -0.0622 e. The van der Waals surface area contributed by atoms with Crippen LogP contribution in [0, 0.1) is 0 Å². The molecule has 0 aliphatic heterocycles. The molecule has 0 saturated heterocycles. The van der Waals surface area contributed by atoms with Gasteiger partial charge >= 0.3 is 0 Å². The molecule has 8 rings (SSSR count). The fourth-order valence-corrected chi connectivity index (χ4v) is 6.53. The molecule has 0 unspecified atom stereocenters. The Bertz CT molecular complexity index is 2210. The molecule has 206 valence electrons. The van der Waals surface area contributed by atoms with Crippen molar-refractivity contribution in [1.29, 1.82) is 0 Å². The molecule has 0 aliphatic rings. The Labute approximate surface area is 258 Å². The smallest absolute Gasteiger partial charge is 0.00261 e. The maximum atomic E-state index is 2.38. The van der Waals surface area contributed by atoms with Gasteiger partial charge in [0.05, 0.1) is 0 Å². The summed E-state index contributed by atoms with van der Waals surface area (Å²) in [6, 6.07) is 65.9. The number of hydrogen-bond acceptors (Lipinski definition) is 0. The fourth-order valence-electron chi connectivity index (χ4n) is 6.53. The SMILES string of the molecule is c1ccc(-c2ccc(-c3ccc(-c4c5ccccc5c(-c5ccccc5)c5ccc(-c6ccccc6)cc45)cc3)cc2)cc1. The van der Waals surface area contributed by atoms with Crippen LogP contribution in [-0.4, -0.2) is 0 Å². The van der Waals surface area contributed by atoms with Gasteiger partial charge in [-0.25, -0.2) is 0 Å². The van der Waals surface area contributed by atoms with Crippen LogP contribution in [0.25, 0.3) is 77.2 Å². The van der Waals surface area contributed by atoms with E-state index in [2.05, 4.69) is 182 Å². The Morgan fingerprint density at radius 1 is 0.182 bits per heavy atom. The molecule has 0 fully saturated rings. The summed E-state index contributed by atoms with van der Waals surface area (Å²) in [6.07, 6.45) is 0. The van der Waals surface area contributed by atoms with Crippen molar-refractivity contribution in [2.75, 3.05) is 0 Å². The Morgan fingerprint density at radius 3 is 0.977 bits per heavy atom. The monoisotopic (exact) mass is 558 g/mol. The normalized spacial score (nSPS) is 11.2. The second-order valence-corrected chi connectivity index (χ2v) is 11.3. The highest BCUT2D eigenvalue weighted by atomic mass is 14.2. The topological polar surface area (TPSA) is 0 Å². The van der Waals surface area contributed by atoms with Gasteiger partial charge in [0.15, 0.2) is 0 Å². The van der Waals surface area contributed by atoms with E-state index in [-0.39, 0.29) is 0 Å². The van der Waals surface area contributed by atoms with Gasteiger partial charge in [0.25, 0.3) is 0 Å². The van der Waals surface area contributed by atoms with Crippen molar-refractivity contribution in [2.24, 2.45) is 0 Å². The Morgan fingerprint density at radius 2 is 0.477 bits per heavy atom. The summed E-state index contributed by atoms with van der Waals surface area (Å²) in [5.41, 5.74) is 12.4. The fraction of sp³-hybridized carbons (Fsp3) is 0. The lowest BCUT2D eigenvalue weighted by Crippen LogP contribution is -1.92. The minimum absolute atomic E-state index is 1.22. The highest BCUT2D eigenvalue weighted by molar-refractivity contribution is 6.22. The second kappa shape index (κ2) is 11.2. The van der Waals surface area contributed by atoms with Crippen LogP contribution < -0.4 is 0 Å². The standard InChI is InChI=1S/C44H30/c1-4-12-31(13-5-1)33-20-22-34(23-21-33)35-24-26-37(27-25-35)44-40-19-11-10-18-39(40)43(36-16-8-3-9-17-36)41-29-28-38(30-42(41)44)32-14-6-2-7-15-32/h1-30H. The summed E-state index contributed by atoms with van der Waals surface area (Å²) in [6.45, 7) is 0. The first-order valence-electron chi connectivity index (χ1n) is 15.2. The van der Waals surface area contributed by atoms with E-state index in [4.69, 9.17) is 0 Å². The second-order valence-electron chi connectivity index (χ2n) is 11.3. The van der Waals surface area contributed by atoms with Gasteiger partial charge in [0.1, 0.15) is 0 Å². The maximum absolute atomic E-state index is 2.38. The van der Waals surface area contributed by atoms with Gasteiger partial charge in [-0.2, -0.15) is 0 Å². The number of benzene rings is 8. The third kappa shape index (κ3) is 4.68. The average Bonchev–Trinajstić information content (AvgIpc) is 3.11. The lowest BCUT2D eigenvalue weighted by molar-refractivity contribution is 1.58. The van der Waals surface area contributed by atoms with Crippen LogP contribution in [0.3, 0.4) is 0 Å². The summed E-state index contributed by atoms with van der Waals surface area (Å²) in [4.78, 5) is 0. The first kappa shape index (κ1) is 25.9. The third-order valence-corrected chi connectivity index (χ3v) is 8.69.